The van der Waals surface area contributed by atoms with Crippen molar-refractivity contribution in [3.8, 4) is 0 Å². The Hall–Kier alpha value is -0.810. The van der Waals surface area contributed by atoms with E-state index in [9.17, 15) is 4.79 Å². The van der Waals surface area contributed by atoms with Crippen molar-refractivity contribution in [2.75, 3.05) is 19.6 Å². The van der Waals surface area contributed by atoms with Crippen LogP contribution in [0.4, 0.5) is 4.79 Å². The number of rotatable bonds is 2. The fourth-order valence-electron chi connectivity index (χ4n) is 1.75. The Bertz CT molecular complexity index is 232. The zero-order valence-corrected chi connectivity index (χ0v) is 10.5. The van der Waals surface area contributed by atoms with Gasteiger partial charge < -0.3 is 10.1 Å². The number of nitrogens with zero attached hydrogens (tertiary/aromatic N) is 1. The zero-order valence-electron chi connectivity index (χ0n) is 10.5. The molecule has 1 aliphatic heterocycles. The second-order valence-corrected chi connectivity index (χ2v) is 5.35. The SMILES string of the molecule is CC(C)(C)OC(=O)N(N)CC1CCCNC1. The first kappa shape index (κ1) is 13.3. The number of carbonyl (C=O) groups is 1. The molecule has 0 aromatic carbocycles. The van der Waals surface area contributed by atoms with Crippen LogP contribution in [0.25, 0.3) is 0 Å². The maximum Gasteiger partial charge on any atom is 0.424 e. The number of nitrogens with one attached hydrogen (secondary N) is 1. The van der Waals surface area contributed by atoms with Crippen LogP contribution in [0, 0.1) is 5.92 Å². The van der Waals surface area contributed by atoms with Crippen LogP contribution in [-0.4, -0.2) is 36.3 Å². The summed E-state index contributed by atoms with van der Waals surface area (Å²) in [6.07, 6.45) is 1.81. The lowest BCUT2D eigenvalue weighted by molar-refractivity contribution is 0.0210. The predicted octanol–water partition coefficient (Wildman–Crippen LogP) is 1.10. The molecule has 0 radical (unpaired) electrons. The molecule has 1 aliphatic rings. The minimum Gasteiger partial charge on any atom is -0.443 e. The van der Waals surface area contributed by atoms with Gasteiger partial charge in [-0.2, -0.15) is 0 Å². The van der Waals surface area contributed by atoms with Gasteiger partial charge in [-0.3, -0.25) is 0 Å². The Morgan fingerprint density at radius 1 is 1.56 bits per heavy atom. The molecule has 5 heteroatoms. The van der Waals surface area contributed by atoms with Gasteiger partial charge in [-0.25, -0.2) is 15.6 Å². The van der Waals surface area contributed by atoms with Crippen molar-refractivity contribution in [1.82, 2.24) is 10.3 Å². The number of carbonyl (C=O) groups excluding carboxylic acids is 1. The average Bonchev–Trinajstić information content (AvgIpc) is 2.16. The molecule has 3 N–H and O–H groups in total. The van der Waals surface area contributed by atoms with Crippen LogP contribution < -0.4 is 11.2 Å². The number of piperidine rings is 1. The van der Waals surface area contributed by atoms with Gasteiger partial charge in [-0.15, -0.1) is 0 Å². The van der Waals surface area contributed by atoms with Crippen LogP contribution in [0.5, 0.6) is 0 Å². The third-order valence-corrected chi connectivity index (χ3v) is 2.48. The molecule has 1 amide bonds. The van der Waals surface area contributed by atoms with Gasteiger partial charge >= 0.3 is 6.09 Å². The van der Waals surface area contributed by atoms with Crippen LogP contribution >= 0.6 is 0 Å². The van der Waals surface area contributed by atoms with Gasteiger partial charge in [0.1, 0.15) is 5.60 Å². The maximum absolute atomic E-state index is 11.6. The van der Waals surface area contributed by atoms with Gasteiger partial charge in [-0.1, -0.05) is 0 Å². The summed E-state index contributed by atoms with van der Waals surface area (Å²) >= 11 is 0. The molecule has 1 heterocycles. The molecule has 0 aliphatic carbocycles. The summed E-state index contributed by atoms with van der Waals surface area (Å²) < 4.78 is 5.18. The standard InChI is InChI=1S/C11H23N3O2/c1-11(2,3)16-10(15)14(12)8-9-5-4-6-13-7-9/h9,13H,4-8,12H2,1-3H3. The highest BCUT2D eigenvalue weighted by Gasteiger charge is 2.23. The molecular weight excluding hydrogens is 206 g/mol. The Morgan fingerprint density at radius 2 is 2.25 bits per heavy atom. The van der Waals surface area contributed by atoms with Gasteiger partial charge in [-0.05, 0) is 52.6 Å². The Morgan fingerprint density at radius 3 is 2.75 bits per heavy atom. The van der Waals surface area contributed by atoms with Crippen molar-refractivity contribution in [2.24, 2.45) is 11.8 Å². The monoisotopic (exact) mass is 229 g/mol. The average molecular weight is 229 g/mol. The third-order valence-electron chi connectivity index (χ3n) is 2.48. The van der Waals surface area contributed by atoms with Crippen molar-refractivity contribution >= 4 is 6.09 Å². The molecule has 1 saturated heterocycles. The van der Waals surface area contributed by atoms with E-state index < -0.39 is 11.7 Å². The number of ether oxygens (including phenoxy) is 1. The Balaban J connectivity index is 2.33. The van der Waals surface area contributed by atoms with Gasteiger partial charge in [0.05, 0.1) is 0 Å². The van der Waals surface area contributed by atoms with Crippen LogP contribution in [0.2, 0.25) is 0 Å². The van der Waals surface area contributed by atoms with Crippen LogP contribution in [0.1, 0.15) is 33.6 Å². The van der Waals surface area contributed by atoms with E-state index in [4.69, 9.17) is 10.6 Å². The summed E-state index contributed by atoms with van der Waals surface area (Å²) in [5.74, 6) is 6.12. The molecule has 0 saturated carbocycles. The van der Waals surface area contributed by atoms with Crippen LogP contribution in [0.15, 0.2) is 0 Å². The molecule has 16 heavy (non-hydrogen) atoms. The zero-order chi connectivity index (χ0) is 12.2. The maximum atomic E-state index is 11.6. The number of hydrogen-bond donors (Lipinski definition) is 2. The van der Waals surface area contributed by atoms with E-state index in [0.717, 1.165) is 25.9 Å². The van der Waals surface area contributed by atoms with Crippen LogP contribution in [0.3, 0.4) is 0 Å². The molecule has 5 nitrogen and oxygen atoms in total. The summed E-state index contributed by atoms with van der Waals surface area (Å²) in [5.41, 5.74) is -0.487. The number of hydrazine groups is 1. The third kappa shape index (κ3) is 4.81. The normalized spacial score (nSPS) is 21.6. The lowest BCUT2D eigenvalue weighted by atomic mass is 10.00. The summed E-state index contributed by atoms with van der Waals surface area (Å²) in [6, 6.07) is 0. The highest BCUT2D eigenvalue weighted by atomic mass is 16.6. The number of amides is 1. The minimum atomic E-state index is -0.487. The van der Waals surface area contributed by atoms with Crippen LogP contribution in [-0.2, 0) is 4.74 Å². The van der Waals surface area contributed by atoms with E-state index in [1.54, 1.807) is 0 Å². The molecule has 0 spiro atoms. The van der Waals surface area contributed by atoms with E-state index in [0.29, 0.717) is 12.5 Å². The highest BCUT2D eigenvalue weighted by Crippen LogP contribution is 2.13. The lowest BCUT2D eigenvalue weighted by Gasteiger charge is -2.29. The fraction of sp³-hybridized carbons (Fsp3) is 0.909. The van der Waals surface area contributed by atoms with E-state index in [-0.39, 0.29) is 0 Å². The summed E-state index contributed by atoms with van der Waals surface area (Å²) in [7, 11) is 0. The number of nitrogens with two attached hydrogens (primary N) is 1. The fourth-order valence-corrected chi connectivity index (χ4v) is 1.75. The molecular formula is C11H23N3O2. The Labute approximate surface area is 97.3 Å². The molecule has 0 aromatic rings. The van der Waals surface area contributed by atoms with Gasteiger partial charge in [0.2, 0.25) is 0 Å². The lowest BCUT2D eigenvalue weighted by Crippen LogP contribution is -2.46. The van der Waals surface area contributed by atoms with E-state index in [1.165, 1.54) is 5.01 Å². The van der Waals surface area contributed by atoms with Crippen molar-refractivity contribution in [3.05, 3.63) is 0 Å². The molecule has 1 fully saturated rings. The first-order valence-corrected chi connectivity index (χ1v) is 5.84. The van der Waals surface area contributed by atoms with E-state index in [1.807, 2.05) is 20.8 Å². The summed E-state index contributed by atoms with van der Waals surface area (Å²) in [6.45, 7) is 8.05. The first-order valence-electron chi connectivity index (χ1n) is 5.84. The second kappa shape index (κ2) is 5.50. The molecule has 1 rings (SSSR count). The second-order valence-electron chi connectivity index (χ2n) is 5.35. The van der Waals surface area contributed by atoms with Gasteiger partial charge in [0.15, 0.2) is 0 Å². The summed E-state index contributed by atoms with van der Waals surface area (Å²) in [4.78, 5) is 11.6. The van der Waals surface area contributed by atoms with Gasteiger partial charge in [0, 0.05) is 6.54 Å². The molecule has 1 unspecified atom stereocenters. The van der Waals surface area contributed by atoms with E-state index in [2.05, 4.69) is 5.32 Å². The van der Waals surface area contributed by atoms with Crippen molar-refractivity contribution < 1.29 is 9.53 Å². The minimum absolute atomic E-state index is 0.436. The van der Waals surface area contributed by atoms with Crippen molar-refractivity contribution in [1.29, 1.82) is 0 Å². The highest BCUT2D eigenvalue weighted by molar-refractivity contribution is 5.67. The largest absolute Gasteiger partial charge is 0.443 e. The first-order chi connectivity index (χ1) is 7.38. The molecule has 94 valence electrons. The molecule has 0 bridgehead atoms. The topological polar surface area (TPSA) is 67.6 Å². The molecule has 1 atom stereocenters. The van der Waals surface area contributed by atoms with E-state index >= 15 is 0 Å². The smallest absolute Gasteiger partial charge is 0.424 e. The summed E-state index contributed by atoms with van der Waals surface area (Å²) in [5, 5.41) is 4.48. The Kier molecular flexibility index (Phi) is 4.56. The van der Waals surface area contributed by atoms with Gasteiger partial charge in [0.25, 0.3) is 0 Å². The number of hydrogen-bond acceptors (Lipinski definition) is 4. The predicted molar refractivity (Wildman–Crippen MR) is 62.7 cm³/mol. The quantitative estimate of drug-likeness (QED) is 0.422. The molecule has 0 aromatic heterocycles. The van der Waals surface area contributed by atoms with Crippen molar-refractivity contribution in [3.63, 3.8) is 0 Å². The van der Waals surface area contributed by atoms with Crippen molar-refractivity contribution in [2.45, 2.75) is 39.2 Å².